The predicted octanol–water partition coefficient (Wildman–Crippen LogP) is 18.2. The van der Waals surface area contributed by atoms with Crippen molar-refractivity contribution in [3.63, 3.8) is 0 Å². The molecule has 0 atom stereocenters. The molecule has 0 amide bonds. The van der Waals surface area contributed by atoms with Crippen LogP contribution in [0.1, 0.15) is 37.4 Å². The minimum Gasteiger partial charge on any atom is -0.512 e. The second-order valence-corrected chi connectivity index (χ2v) is 32.2. The molecule has 0 aromatic heterocycles. The molecule has 0 heterocycles. The molecular formula is C93H78BrN3O4P4PdZn. The van der Waals surface area contributed by atoms with E-state index in [4.69, 9.17) is 28.9 Å². The SMILES string of the molecule is COC(=O)c1ccc(Br)cc1C.COC(=O)c1ccc(C#N)cc1C.[C-]#N.[C-]#N.[Pd].[Zn+2].c1ccc(P(c2ccccc2)c2ccccc2)cc1.c1ccc(P(c2ccccc2)c2ccccc2)cc1.c1ccc(P(c2ccccc2)c2ccccc2)cc1.c1ccc(P(c2ccccc2)c2ccccc2)cc1. The first-order valence-electron chi connectivity index (χ1n) is 33.3. The molecule has 0 aliphatic carbocycles. The number of ether oxygens (including phenoxy) is 2. The van der Waals surface area contributed by atoms with Gasteiger partial charge in [0, 0.05) is 24.9 Å². The van der Waals surface area contributed by atoms with Crippen molar-refractivity contribution < 1.29 is 59.0 Å². The molecule has 7 nitrogen and oxygen atoms in total. The summed E-state index contributed by atoms with van der Waals surface area (Å²) >= 11 is 3.32. The molecule has 0 radical (unpaired) electrons. The largest absolute Gasteiger partial charge is 2.00 e. The topological polar surface area (TPSA) is 124 Å². The number of nitriles is 1. The smallest absolute Gasteiger partial charge is 0.512 e. The fourth-order valence-corrected chi connectivity index (χ4v) is 20.4. The predicted molar refractivity (Wildman–Crippen MR) is 448 cm³/mol. The van der Waals surface area contributed by atoms with E-state index in [1.54, 1.807) is 31.2 Å². The number of esters is 2. The normalized spacial score (nSPS) is 9.72. The van der Waals surface area contributed by atoms with Crippen molar-refractivity contribution in [2.24, 2.45) is 0 Å². The van der Waals surface area contributed by atoms with Gasteiger partial charge in [-0.1, -0.05) is 380 Å². The van der Waals surface area contributed by atoms with E-state index in [9.17, 15) is 9.59 Å². The van der Waals surface area contributed by atoms with E-state index >= 15 is 0 Å². The molecule has 0 spiro atoms. The van der Waals surface area contributed by atoms with E-state index in [0.717, 1.165) is 15.6 Å². The molecule has 528 valence electrons. The second-order valence-electron chi connectivity index (χ2n) is 22.5. The maximum atomic E-state index is 11.1. The average Bonchev–Trinajstić information content (AvgIpc) is 0.837. The first-order chi connectivity index (χ1) is 51.6. The first kappa shape index (κ1) is 87.6. The molecule has 0 N–H and O–H groups in total. The van der Waals surface area contributed by atoms with Crippen LogP contribution in [0.3, 0.4) is 0 Å². The molecule has 14 heteroatoms. The van der Waals surface area contributed by atoms with Crippen LogP contribution in [0, 0.1) is 48.8 Å². The molecule has 14 rings (SSSR count). The monoisotopic (exact) mass is 1670 g/mol. The van der Waals surface area contributed by atoms with E-state index in [1.807, 2.05) is 25.1 Å². The number of benzene rings is 14. The number of carbonyl (C=O) groups is 2. The summed E-state index contributed by atoms with van der Waals surface area (Å²) in [5.41, 5.74) is 3.33. The second kappa shape index (κ2) is 50.5. The molecule has 0 fully saturated rings. The fourth-order valence-electron chi connectivity index (χ4n) is 10.8. The summed E-state index contributed by atoms with van der Waals surface area (Å²) in [5, 5.41) is 37.9. The molecule has 107 heavy (non-hydrogen) atoms. The zero-order chi connectivity index (χ0) is 74.6. The molecule has 0 bridgehead atoms. The van der Waals surface area contributed by atoms with Crippen LogP contribution < -0.4 is 63.7 Å². The Bertz CT molecular complexity index is 4010. The Kier molecular flexibility index (Phi) is 41.3. The third-order valence-corrected chi connectivity index (χ3v) is 25.8. The number of halogens is 1. The molecule has 0 unspecified atom stereocenters. The number of hydrogen-bond donors (Lipinski definition) is 0. The van der Waals surface area contributed by atoms with Gasteiger partial charge < -0.3 is 33.1 Å². The van der Waals surface area contributed by atoms with Gasteiger partial charge in [-0.15, -0.1) is 0 Å². The minimum atomic E-state index is -0.446. The summed E-state index contributed by atoms with van der Waals surface area (Å²) in [7, 11) is 0.928. The van der Waals surface area contributed by atoms with Gasteiger partial charge in [-0.3, -0.25) is 0 Å². The van der Waals surface area contributed by atoms with Crippen LogP contribution in [0.4, 0.5) is 0 Å². The van der Waals surface area contributed by atoms with Gasteiger partial charge in [-0.25, -0.2) is 9.59 Å². The average molecular weight is 1680 g/mol. The Hall–Kier alpha value is -10.0. The summed E-state index contributed by atoms with van der Waals surface area (Å²) in [6.45, 7) is 13.1. The van der Waals surface area contributed by atoms with Crippen molar-refractivity contribution >= 4 is 123 Å². The van der Waals surface area contributed by atoms with Crippen molar-refractivity contribution in [1.82, 2.24) is 0 Å². The van der Waals surface area contributed by atoms with E-state index in [-0.39, 0.29) is 51.8 Å². The summed E-state index contributed by atoms with van der Waals surface area (Å²) in [4.78, 5) is 22.2. The Morgan fingerprint density at radius 2 is 0.449 bits per heavy atom. The molecule has 14 aromatic carbocycles. The van der Waals surface area contributed by atoms with Gasteiger partial charge in [0.15, 0.2) is 0 Å². The summed E-state index contributed by atoms with van der Waals surface area (Å²) in [5.74, 6) is -0.665. The summed E-state index contributed by atoms with van der Waals surface area (Å²) in [6.07, 6.45) is 0. The zero-order valence-corrected chi connectivity index (χ0v) is 69.5. The van der Waals surface area contributed by atoms with Gasteiger partial charge in [-0.2, -0.15) is 5.26 Å². The van der Waals surface area contributed by atoms with Gasteiger partial charge in [0.2, 0.25) is 0 Å². The standard InChI is InChI=1S/4C18H15P.C10H9NO2.C9H9BrO2.2CN.Pd.Zn/c4*1-4-10-16(11-5-1)19(17-12-6-2-7-13-17)18-14-8-3-9-15-18;1-7-5-8(6-11)3-4-9(7)10(12)13-2;1-6-5-7(10)3-4-8(6)9(11)12-2;2*1-2;;/h4*1-15H;3-5H,1-2H3;3-5H,1-2H3;;;;/q;;;;;;2*-1;;+2. The van der Waals surface area contributed by atoms with Crippen LogP contribution in [-0.4, -0.2) is 26.2 Å². The number of carbonyl (C=O) groups excluding carboxylic acids is 2. The molecule has 14 aromatic rings. The third kappa shape index (κ3) is 28.0. The minimum absolute atomic E-state index is 0. The van der Waals surface area contributed by atoms with Gasteiger partial charge in [-0.05, 0) is 157 Å². The first-order valence-corrected chi connectivity index (χ1v) is 39.5. The van der Waals surface area contributed by atoms with Crippen molar-refractivity contribution in [3.8, 4) is 6.07 Å². The number of rotatable bonds is 14. The van der Waals surface area contributed by atoms with Crippen molar-refractivity contribution in [1.29, 1.82) is 15.8 Å². The molecule has 0 saturated heterocycles. The van der Waals surface area contributed by atoms with Crippen LogP contribution in [-0.2, 0) is 49.4 Å². The summed E-state index contributed by atoms with van der Waals surface area (Å²) in [6, 6.07) is 142. The molecular weight excluding hydrogens is 1600 g/mol. The molecule has 0 saturated carbocycles. The van der Waals surface area contributed by atoms with Gasteiger partial charge in [0.1, 0.15) is 0 Å². The van der Waals surface area contributed by atoms with E-state index in [1.165, 1.54) is 77.9 Å². The number of methoxy groups -OCH3 is 2. The molecule has 0 aliphatic heterocycles. The Morgan fingerprint density at radius 1 is 0.290 bits per heavy atom. The van der Waals surface area contributed by atoms with E-state index in [2.05, 4.69) is 389 Å². The van der Waals surface area contributed by atoms with E-state index in [0.29, 0.717) is 16.7 Å². The maximum absolute atomic E-state index is 11.1. The van der Waals surface area contributed by atoms with Crippen LogP contribution in [0.15, 0.2) is 405 Å². The van der Waals surface area contributed by atoms with Crippen LogP contribution in [0.2, 0.25) is 0 Å². The van der Waals surface area contributed by atoms with Crippen molar-refractivity contribution in [3.05, 3.63) is 446 Å². The molecule has 0 aliphatic rings. The third-order valence-electron chi connectivity index (χ3n) is 15.5. The Morgan fingerprint density at radius 3 is 0.589 bits per heavy atom. The maximum Gasteiger partial charge on any atom is 2.00 e. The number of aryl methyl sites for hydroxylation is 2. The fraction of sp³-hybridized carbons (Fsp3) is 0.0430. The van der Waals surface area contributed by atoms with Gasteiger partial charge in [0.05, 0.1) is 37.0 Å². The van der Waals surface area contributed by atoms with Crippen LogP contribution in [0.25, 0.3) is 0 Å². The Labute approximate surface area is 672 Å². The van der Waals surface area contributed by atoms with Gasteiger partial charge >= 0.3 is 31.4 Å². The van der Waals surface area contributed by atoms with Crippen LogP contribution >= 0.6 is 47.6 Å². The van der Waals surface area contributed by atoms with Crippen molar-refractivity contribution in [2.45, 2.75) is 13.8 Å². The van der Waals surface area contributed by atoms with Crippen LogP contribution in [0.5, 0.6) is 0 Å². The zero-order valence-electron chi connectivity index (χ0n) is 59.8. The van der Waals surface area contributed by atoms with Crippen molar-refractivity contribution in [2.75, 3.05) is 14.2 Å². The number of hydrogen-bond acceptors (Lipinski definition) is 7. The summed E-state index contributed by atoms with van der Waals surface area (Å²) < 4.78 is 10.1. The van der Waals surface area contributed by atoms with Gasteiger partial charge in [0.25, 0.3) is 0 Å². The van der Waals surface area contributed by atoms with E-state index < -0.39 is 31.7 Å². The number of nitrogens with zero attached hydrogens (tertiary/aromatic N) is 3. The Balaban J connectivity index is 0.000000229. The quantitative estimate of drug-likeness (QED) is 0.0460.